The van der Waals surface area contributed by atoms with Crippen LogP contribution in [0.4, 0.5) is 0 Å². The maximum absolute atomic E-state index is 12.7. The summed E-state index contributed by atoms with van der Waals surface area (Å²) in [5.74, 6) is -0.332. The summed E-state index contributed by atoms with van der Waals surface area (Å²) in [6.45, 7) is 5.43. The zero-order valence-electron chi connectivity index (χ0n) is 35.4. The van der Waals surface area contributed by atoms with Crippen LogP contribution >= 0.6 is 7.82 Å². The Morgan fingerprint density at radius 1 is 0.593 bits per heavy atom. The third kappa shape index (κ3) is 41.4. The Hall–Kier alpha value is -1.80. The number of phosphoric acid groups is 1. The van der Waals surface area contributed by atoms with Crippen LogP contribution in [0.1, 0.15) is 162 Å². The lowest BCUT2D eigenvalue weighted by Gasteiger charge is -2.24. The zero-order chi connectivity index (χ0) is 39.9. The SMILES string of the molecule is CC/C=C\C/C=C\C/C=C\C/C=C\CCCCCCCOCC(COP(=O)(O)OCC[N+](C)(C)C)OC(=O)CCCCCCC/C=C\CCCCCCC. The predicted octanol–water partition coefficient (Wildman–Crippen LogP) is 12.5. The van der Waals surface area contributed by atoms with Crippen LogP contribution < -0.4 is 0 Å². The summed E-state index contributed by atoms with van der Waals surface area (Å²) in [5.41, 5.74) is 0. The Balaban J connectivity index is 4.30. The number of hydrogen-bond acceptors (Lipinski definition) is 6. The minimum absolute atomic E-state index is 0.0804. The van der Waals surface area contributed by atoms with Gasteiger partial charge in [-0.25, -0.2) is 4.57 Å². The van der Waals surface area contributed by atoms with Crippen molar-refractivity contribution in [2.45, 2.75) is 168 Å². The highest BCUT2D eigenvalue weighted by Crippen LogP contribution is 2.43. The van der Waals surface area contributed by atoms with Crippen LogP contribution in [0.5, 0.6) is 0 Å². The zero-order valence-corrected chi connectivity index (χ0v) is 36.3. The summed E-state index contributed by atoms with van der Waals surface area (Å²) in [6, 6.07) is 0. The molecule has 314 valence electrons. The van der Waals surface area contributed by atoms with Gasteiger partial charge in [0.25, 0.3) is 0 Å². The van der Waals surface area contributed by atoms with Crippen LogP contribution in [-0.2, 0) is 27.9 Å². The monoisotopic (exact) mass is 781 g/mol. The van der Waals surface area contributed by atoms with Crippen molar-refractivity contribution in [3.05, 3.63) is 60.8 Å². The van der Waals surface area contributed by atoms with Crippen LogP contribution in [0.25, 0.3) is 0 Å². The molecule has 2 unspecified atom stereocenters. The molecule has 0 aromatic heterocycles. The number of quaternary nitrogens is 1. The number of likely N-dealkylation sites (N-methyl/N-ethyl adjacent to an activating group) is 1. The topological polar surface area (TPSA) is 91.3 Å². The van der Waals surface area contributed by atoms with E-state index < -0.39 is 13.9 Å². The average molecular weight is 781 g/mol. The van der Waals surface area contributed by atoms with E-state index in [1.165, 1.54) is 57.8 Å². The molecule has 0 aromatic carbocycles. The molecule has 2 atom stereocenters. The molecule has 0 saturated carbocycles. The number of carbonyl (C=O) groups is 1. The quantitative estimate of drug-likeness (QED) is 0.0218. The van der Waals surface area contributed by atoms with Crippen molar-refractivity contribution < 1.29 is 37.3 Å². The van der Waals surface area contributed by atoms with E-state index in [9.17, 15) is 14.3 Å². The predicted molar refractivity (Wildman–Crippen MR) is 229 cm³/mol. The molecule has 0 aliphatic carbocycles. The number of carbonyl (C=O) groups excluding carboxylic acids is 1. The van der Waals surface area contributed by atoms with Gasteiger partial charge < -0.3 is 18.9 Å². The van der Waals surface area contributed by atoms with Gasteiger partial charge in [0.2, 0.25) is 0 Å². The van der Waals surface area contributed by atoms with Crippen molar-refractivity contribution in [2.24, 2.45) is 0 Å². The summed E-state index contributed by atoms with van der Waals surface area (Å²) >= 11 is 0. The Morgan fingerprint density at radius 2 is 1.07 bits per heavy atom. The second-order valence-electron chi connectivity index (χ2n) is 15.3. The highest BCUT2D eigenvalue weighted by Gasteiger charge is 2.26. The van der Waals surface area contributed by atoms with Gasteiger partial charge in [-0.05, 0) is 77.0 Å². The molecular formula is C45H83NO7P+. The summed E-state index contributed by atoms with van der Waals surface area (Å²) in [6.07, 6.45) is 46.8. The minimum atomic E-state index is -4.28. The summed E-state index contributed by atoms with van der Waals surface area (Å²) < 4.78 is 34.9. The number of hydrogen-bond donors (Lipinski definition) is 1. The smallest absolute Gasteiger partial charge is 0.457 e. The van der Waals surface area contributed by atoms with Crippen molar-refractivity contribution in [3.63, 3.8) is 0 Å². The van der Waals surface area contributed by atoms with Crippen LogP contribution in [0.3, 0.4) is 0 Å². The van der Waals surface area contributed by atoms with E-state index in [4.69, 9.17) is 18.5 Å². The summed E-state index contributed by atoms with van der Waals surface area (Å²) in [4.78, 5) is 22.9. The van der Waals surface area contributed by atoms with E-state index in [0.29, 0.717) is 24.1 Å². The summed E-state index contributed by atoms with van der Waals surface area (Å²) in [7, 11) is 1.64. The molecule has 0 saturated heterocycles. The van der Waals surface area contributed by atoms with Crippen molar-refractivity contribution >= 4 is 13.8 Å². The first-order valence-electron chi connectivity index (χ1n) is 21.5. The van der Waals surface area contributed by atoms with Crippen molar-refractivity contribution in [3.8, 4) is 0 Å². The van der Waals surface area contributed by atoms with Gasteiger partial charge in [0.15, 0.2) is 0 Å². The molecule has 9 heteroatoms. The first kappa shape index (κ1) is 52.2. The fraction of sp³-hybridized carbons (Fsp3) is 0.756. The minimum Gasteiger partial charge on any atom is -0.457 e. The fourth-order valence-corrected chi connectivity index (χ4v) is 6.22. The van der Waals surface area contributed by atoms with Crippen molar-refractivity contribution in [1.29, 1.82) is 0 Å². The van der Waals surface area contributed by atoms with Crippen molar-refractivity contribution in [1.82, 2.24) is 0 Å². The van der Waals surface area contributed by atoms with Crippen LogP contribution in [-0.4, -0.2) is 75.6 Å². The molecule has 0 aromatic rings. The highest BCUT2D eigenvalue weighted by atomic mass is 31.2. The molecule has 0 fully saturated rings. The number of nitrogens with zero attached hydrogens (tertiary/aromatic N) is 1. The second-order valence-corrected chi connectivity index (χ2v) is 16.8. The standard InChI is InChI=1S/C45H82NO7P/c1-6-8-10-12-14-16-18-20-22-23-24-25-27-29-31-33-35-37-40-50-42-44(43-52-54(48,49)51-41-39-46(3,4)5)53-45(47)38-36-34-32-30-28-26-21-19-17-15-13-11-9-7-2/h8,10,14,16,19-22,24-25,44H,6-7,9,11-13,15,17-18,23,26-43H2,1-5H3/p+1/b10-8-,16-14-,21-19-,22-20-,25-24-. The van der Waals surface area contributed by atoms with E-state index in [1.54, 1.807) is 0 Å². The summed E-state index contributed by atoms with van der Waals surface area (Å²) in [5, 5.41) is 0. The number of ether oxygens (including phenoxy) is 2. The first-order chi connectivity index (χ1) is 26.1. The maximum Gasteiger partial charge on any atom is 0.472 e. The first-order valence-corrected chi connectivity index (χ1v) is 23.0. The normalized spacial score (nSPS) is 14.4. The molecule has 0 amide bonds. The van der Waals surface area contributed by atoms with E-state index in [0.717, 1.165) is 83.5 Å². The maximum atomic E-state index is 12.7. The molecule has 0 spiro atoms. The van der Waals surface area contributed by atoms with Gasteiger partial charge in [-0.3, -0.25) is 13.8 Å². The molecule has 0 heterocycles. The molecule has 54 heavy (non-hydrogen) atoms. The molecule has 8 nitrogen and oxygen atoms in total. The lowest BCUT2D eigenvalue weighted by molar-refractivity contribution is -0.870. The van der Waals surface area contributed by atoms with Crippen LogP contribution in [0, 0.1) is 0 Å². The van der Waals surface area contributed by atoms with Gasteiger partial charge in [0, 0.05) is 13.0 Å². The Bertz CT molecular complexity index is 1050. The van der Waals surface area contributed by atoms with Crippen molar-refractivity contribution in [2.75, 3.05) is 54.1 Å². The van der Waals surface area contributed by atoms with Crippen LogP contribution in [0.15, 0.2) is 60.8 Å². The van der Waals surface area contributed by atoms with E-state index in [1.807, 2.05) is 21.1 Å². The second kappa shape index (κ2) is 38.1. The third-order valence-electron chi connectivity index (χ3n) is 8.81. The van der Waals surface area contributed by atoms with Gasteiger partial charge in [0.1, 0.15) is 19.3 Å². The molecule has 0 aliphatic heterocycles. The highest BCUT2D eigenvalue weighted by molar-refractivity contribution is 7.47. The third-order valence-corrected chi connectivity index (χ3v) is 9.80. The Labute approximate surface area is 332 Å². The molecule has 0 radical (unpaired) electrons. The molecule has 1 N–H and O–H groups in total. The average Bonchev–Trinajstić information content (AvgIpc) is 3.12. The van der Waals surface area contributed by atoms with Gasteiger partial charge in [-0.2, -0.15) is 0 Å². The Morgan fingerprint density at radius 3 is 1.63 bits per heavy atom. The van der Waals surface area contributed by atoms with E-state index in [-0.39, 0.29) is 25.8 Å². The number of rotatable bonds is 39. The lowest BCUT2D eigenvalue weighted by Crippen LogP contribution is -2.37. The number of unbranched alkanes of at least 4 members (excludes halogenated alkanes) is 15. The Kier molecular flexibility index (Phi) is 36.8. The number of esters is 1. The van der Waals surface area contributed by atoms with E-state index >= 15 is 0 Å². The number of phosphoric ester groups is 1. The molecule has 0 rings (SSSR count). The van der Waals surface area contributed by atoms with Gasteiger partial charge in [0.05, 0.1) is 34.4 Å². The lowest BCUT2D eigenvalue weighted by atomic mass is 10.1. The van der Waals surface area contributed by atoms with Gasteiger partial charge in [-0.15, -0.1) is 0 Å². The number of allylic oxidation sites excluding steroid dienone is 10. The molecular weight excluding hydrogens is 697 g/mol. The van der Waals surface area contributed by atoms with Gasteiger partial charge in [-0.1, -0.05) is 139 Å². The largest absolute Gasteiger partial charge is 0.472 e. The van der Waals surface area contributed by atoms with Crippen LogP contribution in [0.2, 0.25) is 0 Å². The van der Waals surface area contributed by atoms with Gasteiger partial charge >= 0.3 is 13.8 Å². The molecule has 0 bridgehead atoms. The van der Waals surface area contributed by atoms with E-state index in [2.05, 4.69) is 74.6 Å². The fourth-order valence-electron chi connectivity index (χ4n) is 5.48. The molecule has 0 aliphatic rings.